The van der Waals surface area contributed by atoms with E-state index in [1.165, 1.54) is 11.3 Å². The summed E-state index contributed by atoms with van der Waals surface area (Å²) in [6, 6.07) is 14.8. The minimum absolute atomic E-state index is 0.223. The first kappa shape index (κ1) is 17.4. The summed E-state index contributed by atoms with van der Waals surface area (Å²) in [4.78, 5) is 26.4. The Morgan fingerprint density at radius 1 is 0.840 bits per heavy atom. The summed E-state index contributed by atoms with van der Waals surface area (Å²) in [6.07, 6.45) is 3.38. The lowest BCUT2D eigenvalue weighted by Crippen LogP contribution is -2.29. The van der Waals surface area contributed by atoms with Crippen LogP contribution in [0.15, 0.2) is 48.5 Å². The van der Waals surface area contributed by atoms with Crippen molar-refractivity contribution in [2.75, 3.05) is 6.61 Å². The van der Waals surface area contributed by atoms with Gasteiger partial charge in [0.1, 0.15) is 0 Å². The molecule has 1 heterocycles. The molecule has 0 aliphatic carbocycles. The molecule has 0 unspecified atom stereocenters. The second-order valence-corrected chi connectivity index (χ2v) is 6.27. The van der Waals surface area contributed by atoms with Crippen LogP contribution in [0.1, 0.15) is 58.0 Å². The fraction of sp³-hybridized carbons (Fsp3) is 0.333. The van der Waals surface area contributed by atoms with Crippen molar-refractivity contribution in [2.45, 2.75) is 39.3 Å². The number of amides is 2. The number of carbonyl (C=O) groups excluding carboxylic acids is 2. The van der Waals surface area contributed by atoms with Gasteiger partial charge in [0.05, 0.1) is 24.3 Å². The lowest BCUT2D eigenvalue weighted by atomic mass is 10.1. The number of hydrogen-bond donors (Lipinski definition) is 0. The number of ether oxygens (including phenoxy) is 1. The van der Waals surface area contributed by atoms with Gasteiger partial charge in [-0.2, -0.15) is 0 Å². The summed E-state index contributed by atoms with van der Waals surface area (Å²) in [5.74, 6) is -0.446. The number of unbranched alkanes of at least 4 members (excludes halogenated alkanes) is 2. The summed E-state index contributed by atoms with van der Waals surface area (Å²) in [5, 5.41) is 0. The van der Waals surface area contributed by atoms with E-state index in [-0.39, 0.29) is 18.4 Å². The fourth-order valence-corrected chi connectivity index (χ4v) is 3.04. The van der Waals surface area contributed by atoms with E-state index in [9.17, 15) is 9.59 Å². The molecule has 1 aliphatic heterocycles. The molecule has 0 spiro atoms. The van der Waals surface area contributed by atoms with Crippen LogP contribution in [-0.4, -0.2) is 23.3 Å². The van der Waals surface area contributed by atoms with Crippen molar-refractivity contribution < 1.29 is 14.3 Å². The number of imide groups is 1. The molecule has 4 nitrogen and oxygen atoms in total. The standard InChI is InChI=1S/C21H23NO3/c1-2-3-8-13-25-15-17-10-5-4-9-16(17)14-22-20(23)18-11-6-7-12-19(18)21(22)24/h4-7,9-12H,2-3,8,13-15H2,1H3. The Kier molecular flexibility index (Phi) is 5.61. The van der Waals surface area contributed by atoms with Crippen LogP contribution in [-0.2, 0) is 17.9 Å². The Labute approximate surface area is 148 Å². The maximum Gasteiger partial charge on any atom is 0.261 e. The molecule has 3 rings (SSSR count). The number of carbonyl (C=O) groups is 2. The third-order valence-electron chi connectivity index (χ3n) is 4.47. The quantitative estimate of drug-likeness (QED) is 0.536. The van der Waals surface area contributed by atoms with Crippen LogP contribution in [0.4, 0.5) is 0 Å². The van der Waals surface area contributed by atoms with Crippen molar-refractivity contribution in [3.05, 3.63) is 70.8 Å². The lowest BCUT2D eigenvalue weighted by molar-refractivity contribution is 0.0639. The van der Waals surface area contributed by atoms with Crippen molar-refractivity contribution >= 4 is 11.8 Å². The zero-order valence-corrected chi connectivity index (χ0v) is 14.5. The Morgan fingerprint density at radius 3 is 2.08 bits per heavy atom. The van der Waals surface area contributed by atoms with Gasteiger partial charge in [0.2, 0.25) is 0 Å². The highest BCUT2D eigenvalue weighted by molar-refractivity contribution is 6.21. The smallest absolute Gasteiger partial charge is 0.261 e. The van der Waals surface area contributed by atoms with Crippen LogP contribution < -0.4 is 0 Å². The largest absolute Gasteiger partial charge is 0.377 e. The molecule has 25 heavy (non-hydrogen) atoms. The van der Waals surface area contributed by atoms with Crippen LogP contribution >= 0.6 is 0 Å². The van der Waals surface area contributed by atoms with Gasteiger partial charge in [-0.3, -0.25) is 14.5 Å². The summed E-state index contributed by atoms with van der Waals surface area (Å²) >= 11 is 0. The predicted molar refractivity (Wildman–Crippen MR) is 96.3 cm³/mol. The molecule has 0 saturated heterocycles. The molecule has 0 bridgehead atoms. The Bertz CT molecular complexity index is 734. The molecule has 1 aliphatic rings. The lowest BCUT2D eigenvalue weighted by Gasteiger charge is -2.17. The van der Waals surface area contributed by atoms with Crippen LogP contribution in [0.5, 0.6) is 0 Å². The first-order valence-electron chi connectivity index (χ1n) is 8.82. The Balaban J connectivity index is 1.70. The van der Waals surface area contributed by atoms with Crippen molar-refractivity contribution in [3.63, 3.8) is 0 Å². The van der Waals surface area contributed by atoms with Gasteiger partial charge in [-0.05, 0) is 29.7 Å². The van der Waals surface area contributed by atoms with Gasteiger partial charge < -0.3 is 4.74 Å². The van der Waals surface area contributed by atoms with E-state index < -0.39 is 0 Å². The number of rotatable bonds is 8. The first-order valence-corrected chi connectivity index (χ1v) is 8.82. The van der Waals surface area contributed by atoms with E-state index in [0.717, 1.165) is 30.6 Å². The highest BCUT2D eigenvalue weighted by Gasteiger charge is 2.35. The molecular weight excluding hydrogens is 314 g/mol. The summed E-state index contributed by atoms with van der Waals surface area (Å²) in [6.45, 7) is 3.68. The van der Waals surface area contributed by atoms with E-state index in [4.69, 9.17) is 4.74 Å². The molecule has 0 N–H and O–H groups in total. The Morgan fingerprint density at radius 2 is 1.44 bits per heavy atom. The highest BCUT2D eigenvalue weighted by Crippen LogP contribution is 2.25. The zero-order valence-electron chi connectivity index (χ0n) is 14.5. The summed E-state index contributed by atoms with van der Waals surface area (Å²) < 4.78 is 5.75. The molecule has 2 aromatic rings. The predicted octanol–water partition coefficient (Wildman–Crippen LogP) is 4.19. The molecule has 2 aromatic carbocycles. The molecule has 0 aromatic heterocycles. The van der Waals surface area contributed by atoms with Crippen molar-refractivity contribution in [3.8, 4) is 0 Å². The van der Waals surface area contributed by atoms with Gasteiger partial charge in [-0.1, -0.05) is 56.2 Å². The number of benzene rings is 2. The van der Waals surface area contributed by atoms with Gasteiger partial charge in [-0.25, -0.2) is 0 Å². The van der Waals surface area contributed by atoms with Crippen molar-refractivity contribution in [1.29, 1.82) is 0 Å². The number of nitrogens with zero attached hydrogens (tertiary/aromatic N) is 1. The van der Waals surface area contributed by atoms with Gasteiger partial charge >= 0.3 is 0 Å². The second-order valence-electron chi connectivity index (χ2n) is 6.27. The monoisotopic (exact) mass is 337 g/mol. The van der Waals surface area contributed by atoms with Crippen LogP contribution in [0.3, 0.4) is 0 Å². The molecule has 0 atom stereocenters. The second kappa shape index (κ2) is 8.08. The molecular formula is C21H23NO3. The van der Waals surface area contributed by atoms with Gasteiger partial charge in [-0.15, -0.1) is 0 Å². The normalized spacial score (nSPS) is 13.4. The van der Waals surface area contributed by atoms with E-state index >= 15 is 0 Å². The van der Waals surface area contributed by atoms with Crippen LogP contribution in [0, 0.1) is 0 Å². The van der Waals surface area contributed by atoms with Crippen LogP contribution in [0.2, 0.25) is 0 Å². The minimum Gasteiger partial charge on any atom is -0.377 e. The fourth-order valence-electron chi connectivity index (χ4n) is 3.04. The molecule has 0 saturated carbocycles. The van der Waals surface area contributed by atoms with Gasteiger partial charge in [0.25, 0.3) is 11.8 Å². The number of hydrogen-bond acceptors (Lipinski definition) is 3. The topological polar surface area (TPSA) is 46.6 Å². The first-order chi connectivity index (χ1) is 12.2. The summed E-state index contributed by atoms with van der Waals surface area (Å²) in [5.41, 5.74) is 2.95. The molecule has 0 radical (unpaired) electrons. The highest BCUT2D eigenvalue weighted by atomic mass is 16.5. The molecule has 0 fully saturated rings. The van der Waals surface area contributed by atoms with Crippen LogP contribution in [0.25, 0.3) is 0 Å². The summed E-state index contributed by atoms with van der Waals surface area (Å²) in [7, 11) is 0. The number of fused-ring (bicyclic) bond motifs is 1. The maximum atomic E-state index is 12.5. The minimum atomic E-state index is -0.223. The third-order valence-corrected chi connectivity index (χ3v) is 4.47. The molecule has 130 valence electrons. The molecule has 2 amide bonds. The zero-order chi connectivity index (χ0) is 17.6. The van der Waals surface area contributed by atoms with E-state index in [2.05, 4.69) is 6.92 Å². The van der Waals surface area contributed by atoms with Gasteiger partial charge in [0, 0.05) is 6.61 Å². The third kappa shape index (κ3) is 3.80. The molecule has 4 heteroatoms. The maximum absolute atomic E-state index is 12.5. The Hall–Kier alpha value is -2.46. The average molecular weight is 337 g/mol. The SMILES string of the molecule is CCCCCOCc1ccccc1CN1C(=O)c2ccccc2C1=O. The van der Waals surface area contributed by atoms with E-state index in [0.29, 0.717) is 17.7 Å². The van der Waals surface area contributed by atoms with Crippen molar-refractivity contribution in [2.24, 2.45) is 0 Å². The average Bonchev–Trinajstić information content (AvgIpc) is 2.88. The van der Waals surface area contributed by atoms with E-state index in [1.54, 1.807) is 24.3 Å². The van der Waals surface area contributed by atoms with Gasteiger partial charge in [0.15, 0.2) is 0 Å². The van der Waals surface area contributed by atoms with E-state index in [1.807, 2.05) is 24.3 Å². The van der Waals surface area contributed by atoms with Crippen molar-refractivity contribution in [1.82, 2.24) is 4.90 Å².